The summed E-state index contributed by atoms with van der Waals surface area (Å²) in [6.07, 6.45) is 12.4. The Morgan fingerprint density at radius 2 is 1.07 bits per heavy atom. The number of rotatable bonds is 34. The van der Waals surface area contributed by atoms with Gasteiger partial charge < -0.3 is 37.9 Å². The summed E-state index contributed by atoms with van der Waals surface area (Å²) in [5.41, 5.74) is 3.43. The number of methoxy groups -OCH3 is 4. The Bertz CT molecular complexity index is 2800. The first kappa shape index (κ1) is 72.9. The van der Waals surface area contributed by atoms with Crippen LogP contribution < -0.4 is 18.9 Å². The molecule has 2 amide bonds. The monoisotopic (exact) mass is 1270 g/mol. The molecule has 6 atom stereocenters. The number of imide groups is 1. The Kier molecular flexibility index (Phi) is 32.9. The smallest absolute Gasteiger partial charge is 0.416 e. The first-order valence-electron chi connectivity index (χ1n) is 30.6. The molecule has 0 aromatic heterocycles. The van der Waals surface area contributed by atoms with E-state index in [0.29, 0.717) is 112 Å². The van der Waals surface area contributed by atoms with Gasteiger partial charge in [0, 0.05) is 86.8 Å². The Hall–Kier alpha value is -6.62. The van der Waals surface area contributed by atoms with Crippen molar-refractivity contribution in [3.63, 3.8) is 0 Å². The third-order valence-electron chi connectivity index (χ3n) is 15.4. The number of esters is 1. The predicted molar refractivity (Wildman–Crippen MR) is 344 cm³/mol. The molecule has 2 aliphatic rings. The van der Waals surface area contributed by atoms with E-state index in [4.69, 9.17) is 37.9 Å². The standard InChI is InChI=1S/C35H47NO7.C20H25BrO3.C16H24O4/c1-24(2)29(33(37)27-17-18-31(41-6)32(22-27)42-20-12-19-40-5)15-10-11-16-30(25(3)4)34(38)36-28(23-43-35(36)39)21-26-13-8-7-9-14-26;1-14(2)17(10-6-7-11-21)19(22)18-16(13-24-20(18)23)12-15-8-4-3-5-9-15;1-12(2)10-14(17)13-6-7-15(19-4)16(11-13)20-9-5-8-18-3/h7-11,13-14,17-18,22,24-25,28-30H,12,15-16,19-21,23H2,1-6H3;3-9,14,16-18H,10-13H2,1-2H3;6-7,11-12H,5,8-10H2,1-4H3/b11-10+;7-6+;/t28-,29?,30-;16-,17-,18?;/m10./s1. The van der Waals surface area contributed by atoms with Crippen LogP contribution in [-0.4, -0.2) is 120 Å². The first-order valence-corrected chi connectivity index (χ1v) is 31.7. The quantitative estimate of drug-likeness (QED) is 0.0108. The molecule has 0 saturated carbocycles. The number of cyclic esters (lactones) is 2. The Morgan fingerprint density at radius 1 is 0.575 bits per heavy atom. The molecule has 0 bridgehead atoms. The maximum atomic E-state index is 13.6. The third-order valence-corrected chi connectivity index (χ3v) is 15.8. The predicted octanol–water partition coefficient (Wildman–Crippen LogP) is 14.3. The number of benzene rings is 4. The minimum absolute atomic E-state index is 0.0204. The van der Waals surface area contributed by atoms with Crippen LogP contribution in [0.5, 0.6) is 23.0 Å². The highest BCUT2D eigenvalue weighted by molar-refractivity contribution is 9.09. The maximum Gasteiger partial charge on any atom is 0.416 e. The lowest BCUT2D eigenvalue weighted by Gasteiger charge is -2.26. The molecule has 0 aliphatic carbocycles. The molecule has 15 nitrogen and oxygen atoms in total. The van der Waals surface area contributed by atoms with Gasteiger partial charge in [-0.15, -0.1) is 0 Å². The van der Waals surface area contributed by atoms with Gasteiger partial charge in [0.15, 0.2) is 40.3 Å². The van der Waals surface area contributed by atoms with Crippen molar-refractivity contribution in [3.8, 4) is 23.0 Å². The number of nitrogens with zero attached hydrogens (tertiary/aromatic N) is 1. The van der Waals surface area contributed by atoms with Crippen LogP contribution in [0.15, 0.2) is 121 Å². The van der Waals surface area contributed by atoms with Gasteiger partial charge >= 0.3 is 12.1 Å². The average molecular weight is 1270 g/mol. The molecule has 0 spiro atoms. The van der Waals surface area contributed by atoms with Gasteiger partial charge in [-0.3, -0.25) is 24.0 Å². The topological polar surface area (TPSA) is 179 Å². The van der Waals surface area contributed by atoms with E-state index in [1.165, 1.54) is 4.90 Å². The van der Waals surface area contributed by atoms with Gasteiger partial charge in [-0.2, -0.15) is 0 Å². The lowest BCUT2D eigenvalue weighted by atomic mass is 9.77. The van der Waals surface area contributed by atoms with Crippen molar-refractivity contribution in [1.82, 2.24) is 4.90 Å². The molecular formula is C71H96BrNO14. The van der Waals surface area contributed by atoms with E-state index in [1.54, 1.807) is 64.8 Å². The number of hydrogen-bond acceptors (Lipinski definition) is 14. The molecule has 2 heterocycles. The summed E-state index contributed by atoms with van der Waals surface area (Å²) in [7, 11) is 6.47. The van der Waals surface area contributed by atoms with Crippen LogP contribution >= 0.6 is 15.9 Å². The van der Waals surface area contributed by atoms with E-state index >= 15 is 0 Å². The molecule has 2 fully saturated rings. The van der Waals surface area contributed by atoms with Crippen LogP contribution in [0.25, 0.3) is 0 Å². The summed E-state index contributed by atoms with van der Waals surface area (Å²) >= 11 is 3.35. The molecule has 476 valence electrons. The highest BCUT2D eigenvalue weighted by atomic mass is 79.9. The normalized spacial score (nSPS) is 16.7. The van der Waals surface area contributed by atoms with Crippen molar-refractivity contribution >= 4 is 51.2 Å². The van der Waals surface area contributed by atoms with E-state index in [9.17, 15) is 28.8 Å². The average Bonchev–Trinajstić information content (AvgIpc) is 2.27. The van der Waals surface area contributed by atoms with Gasteiger partial charge in [-0.25, -0.2) is 9.69 Å². The number of ketones is 3. The Morgan fingerprint density at radius 3 is 1.57 bits per heavy atom. The zero-order chi connectivity index (χ0) is 63.8. The second-order valence-corrected chi connectivity index (χ2v) is 24.1. The van der Waals surface area contributed by atoms with Crippen molar-refractivity contribution < 1.29 is 66.7 Å². The summed E-state index contributed by atoms with van der Waals surface area (Å²) in [6, 6.07) is 30.1. The molecule has 0 radical (unpaired) electrons. The summed E-state index contributed by atoms with van der Waals surface area (Å²) in [4.78, 5) is 78.5. The SMILES string of the molecule is CC(C)[C@H](C/C=C/CBr)C(=O)C1C(=O)OC[C@@H]1Cc1ccccc1.COCCCOc1cc(C(=O)C(C/C=C/C[C@@H](C(=O)N2C(=O)OC[C@H]2Cc2ccccc2)C(C)C)C(C)C)ccc1OC.COCCCOc1cc(C(=O)CC(C)C)ccc1OC. The number of allylic oxidation sites excluding steroid dienone is 4. The number of ether oxygens (including phenoxy) is 8. The van der Waals surface area contributed by atoms with E-state index < -0.39 is 12.0 Å². The summed E-state index contributed by atoms with van der Waals surface area (Å²) < 4.78 is 42.8. The van der Waals surface area contributed by atoms with E-state index in [1.807, 2.05) is 140 Å². The van der Waals surface area contributed by atoms with Crippen molar-refractivity contribution in [3.05, 3.63) is 144 Å². The highest BCUT2D eigenvalue weighted by Crippen LogP contribution is 2.35. The van der Waals surface area contributed by atoms with E-state index in [2.05, 4.69) is 15.9 Å². The molecule has 2 aliphatic heterocycles. The molecule has 4 aromatic carbocycles. The molecule has 6 rings (SSSR count). The number of halogens is 1. The van der Waals surface area contributed by atoms with Crippen molar-refractivity contribution in [1.29, 1.82) is 0 Å². The maximum absolute atomic E-state index is 13.6. The van der Waals surface area contributed by atoms with Crippen LogP contribution in [0.4, 0.5) is 4.79 Å². The third kappa shape index (κ3) is 23.8. The van der Waals surface area contributed by atoms with Gasteiger partial charge in [0.2, 0.25) is 5.91 Å². The number of hydrogen-bond donors (Lipinski definition) is 0. The van der Waals surface area contributed by atoms with Gasteiger partial charge in [-0.1, -0.05) is 156 Å². The van der Waals surface area contributed by atoms with Crippen LogP contribution in [0.2, 0.25) is 0 Å². The minimum Gasteiger partial charge on any atom is -0.493 e. The van der Waals surface area contributed by atoms with Crippen LogP contribution in [0.1, 0.15) is 126 Å². The molecule has 87 heavy (non-hydrogen) atoms. The van der Waals surface area contributed by atoms with E-state index in [0.717, 1.165) is 29.3 Å². The zero-order valence-electron chi connectivity index (χ0n) is 53.5. The second-order valence-electron chi connectivity index (χ2n) is 23.5. The lowest BCUT2D eigenvalue weighted by molar-refractivity contribution is -0.146. The van der Waals surface area contributed by atoms with Crippen LogP contribution in [-0.2, 0) is 46.2 Å². The van der Waals surface area contributed by atoms with Crippen molar-refractivity contribution in [2.24, 2.45) is 53.3 Å². The van der Waals surface area contributed by atoms with Gasteiger partial charge in [0.25, 0.3) is 0 Å². The molecule has 0 N–H and O–H groups in total. The fourth-order valence-electron chi connectivity index (χ4n) is 10.4. The molecule has 2 saturated heterocycles. The lowest BCUT2D eigenvalue weighted by Crippen LogP contribution is -2.44. The van der Waals surface area contributed by atoms with Crippen LogP contribution in [0, 0.1) is 53.3 Å². The largest absolute Gasteiger partial charge is 0.493 e. The van der Waals surface area contributed by atoms with Crippen LogP contribution in [0.3, 0.4) is 0 Å². The molecule has 4 aromatic rings. The fourth-order valence-corrected chi connectivity index (χ4v) is 10.7. The molecule has 2 unspecified atom stereocenters. The molecule has 16 heteroatoms. The minimum atomic E-state index is -0.630. The number of carbonyl (C=O) groups excluding carboxylic acids is 6. The van der Waals surface area contributed by atoms with Gasteiger partial charge in [0.1, 0.15) is 12.5 Å². The zero-order valence-corrected chi connectivity index (χ0v) is 55.1. The van der Waals surface area contributed by atoms with Gasteiger partial charge in [-0.05, 0) is 103 Å². The summed E-state index contributed by atoms with van der Waals surface area (Å²) in [5, 5.41) is 0.772. The number of Topliss-reactive ketones (excluding diaryl/α,β-unsaturated/α-hetero) is 3. The number of carbonyl (C=O) groups is 6. The van der Waals surface area contributed by atoms with Crippen molar-refractivity contribution in [2.75, 3.05) is 73.4 Å². The Balaban J connectivity index is 0.000000309. The second kappa shape index (κ2) is 39.3. The number of alkyl halides is 1. The summed E-state index contributed by atoms with van der Waals surface area (Å²) in [6.45, 7) is 18.9. The van der Waals surface area contributed by atoms with Crippen molar-refractivity contribution in [2.45, 2.75) is 113 Å². The summed E-state index contributed by atoms with van der Waals surface area (Å²) in [5.74, 6) is 1.19. The van der Waals surface area contributed by atoms with Gasteiger partial charge in [0.05, 0.1) is 40.1 Å². The molecular weight excluding hydrogens is 1170 g/mol. The first-order chi connectivity index (χ1) is 41.8. The fraction of sp³-hybridized carbons (Fsp3) is 0.521. The Labute approximate surface area is 526 Å². The van der Waals surface area contributed by atoms with E-state index in [-0.39, 0.29) is 83.3 Å². The highest BCUT2D eigenvalue weighted by Gasteiger charge is 2.45. The number of amides is 2.